The van der Waals surface area contributed by atoms with Gasteiger partial charge in [0.15, 0.2) is 0 Å². The van der Waals surface area contributed by atoms with Crippen molar-refractivity contribution in [2.24, 2.45) is 0 Å². The molecule has 3 nitrogen and oxygen atoms in total. The summed E-state index contributed by atoms with van der Waals surface area (Å²) in [5.41, 5.74) is 2.80. The number of para-hydroxylation sites is 1. The molecule has 0 aliphatic rings. The van der Waals surface area contributed by atoms with Crippen molar-refractivity contribution in [3.63, 3.8) is 0 Å². The van der Waals surface area contributed by atoms with Gasteiger partial charge in [0.25, 0.3) is 0 Å². The third kappa shape index (κ3) is 3.24. The molecule has 0 heterocycles. The van der Waals surface area contributed by atoms with E-state index in [1.165, 1.54) is 0 Å². The van der Waals surface area contributed by atoms with Crippen LogP contribution < -0.4 is 9.64 Å². The number of benzene rings is 2. The summed E-state index contributed by atoms with van der Waals surface area (Å²) in [4.78, 5) is 2.03. The Labute approximate surface area is 124 Å². The van der Waals surface area contributed by atoms with Crippen LogP contribution in [0.3, 0.4) is 0 Å². The van der Waals surface area contributed by atoms with E-state index in [2.05, 4.69) is 0 Å². The molecule has 0 amide bonds. The van der Waals surface area contributed by atoms with Crippen molar-refractivity contribution >= 4 is 17.3 Å². The molecule has 2 aromatic rings. The molecular formula is C16H18ClNO2. The molecule has 0 radical (unpaired) electrons. The highest BCUT2D eigenvalue weighted by Gasteiger charge is 2.11. The molecule has 0 aromatic heterocycles. The highest BCUT2D eigenvalue weighted by atomic mass is 35.5. The number of ether oxygens (including phenoxy) is 1. The zero-order chi connectivity index (χ0) is 14.5. The average molecular weight is 292 g/mol. The van der Waals surface area contributed by atoms with Gasteiger partial charge in [-0.25, -0.2) is 0 Å². The fraction of sp³-hybridized carbons (Fsp3) is 0.250. The minimum absolute atomic E-state index is 0.0294. The van der Waals surface area contributed by atoms with Gasteiger partial charge in [-0.05, 0) is 23.8 Å². The molecule has 0 saturated heterocycles. The van der Waals surface area contributed by atoms with Crippen molar-refractivity contribution in [3.05, 3.63) is 58.6 Å². The Morgan fingerprint density at radius 2 is 1.95 bits per heavy atom. The quantitative estimate of drug-likeness (QED) is 0.915. The Balaban J connectivity index is 2.25. The van der Waals surface area contributed by atoms with Crippen molar-refractivity contribution in [1.82, 2.24) is 0 Å². The molecule has 0 fully saturated rings. The number of methoxy groups -OCH3 is 1. The number of hydrogen-bond donors (Lipinski definition) is 1. The first-order valence-electron chi connectivity index (χ1n) is 6.38. The number of aliphatic hydroxyl groups excluding tert-OH is 1. The van der Waals surface area contributed by atoms with E-state index in [4.69, 9.17) is 16.3 Å². The van der Waals surface area contributed by atoms with Gasteiger partial charge in [0.05, 0.1) is 24.4 Å². The zero-order valence-corrected chi connectivity index (χ0v) is 12.4. The van der Waals surface area contributed by atoms with Crippen LogP contribution in [0.4, 0.5) is 5.69 Å². The SMILES string of the molecule is COc1cccc(CN(C)c2c(Cl)cccc2CO)c1. The molecule has 106 valence electrons. The molecule has 0 aliphatic carbocycles. The summed E-state index contributed by atoms with van der Waals surface area (Å²) in [6.07, 6.45) is 0. The Kier molecular flexibility index (Phi) is 4.88. The van der Waals surface area contributed by atoms with Crippen LogP contribution in [-0.4, -0.2) is 19.3 Å². The monoisotopic (exact) mass is 291 g/mol. The Hall–Kier alpha value is -1.71. The lowest BCUT2D eigenvalue weighted by atomic mass is 10.1. The Bertz CT molecular complexity index is 586. The third-order valence-electron chi connectivity index (χ3n) is 3.18. The second kappa shape index (κ2) is 6.64. The maximum absolute atomic E-state index is 9.43. The van der Waals surface area contributed by atoms with Crippen molar-refractivity contribution in [1.29, 1.82) is 0 Å². The van der Waals surface area contributed by atoms with Crippen molar-refractivity contribution < 1.29 is 9.84 Å². The number of nitrogens with zero attached hydrogens (tertiary/aromatic N) is 1. The van der Waals surface area contributed by atoms with Gasteiger partial charge in [-0.2, -0.15) is 0 Å². The van der Waals surface area contributed by atoms with Crippen molar-refractivity contribution in [3.8, 4) is 5.75 Å². The summed E-state index contributed by atoms with van der Waals surface area (Å²) >= 11 is 6.25. The van der Waals surface area contributed by atoms with E-state index in [0.29, 0.717) is 11.6 Å². The molecule has 0 bridgehead atoms. The van der Waals surface area contributed by atoms with E-state index in [1.807, 2.05) is 54.4 Å². The van der Waals surface area contributed by atoms with Crippen LogP contribution in [0.25, 0.3) is 0 Å². The van der Waals surface area contributed by atoms with Crippen LogP contribution in [0.5, 0.6) is 5.75 Å². The van der Waals surface area contributed by atoms with E-state index in [0.717, 1.165) is 22.6 Å². The first-order valence-corrected chi connectivity index (χ1v) is 6.76. The molecular weight excluding hydrogens is 274 g/mol. The first-order chi connectivity index (χ1) is 9.65. The van der Waals surface area contributed by atoms with Gasteiger partial charge in [0, 0.05) is 19.2 Å². The largest absolute Gasteiger partial charge is 0.497 e. The van der Waals surface area contributed by atoms with Gasteiger partial charge in [-0.1, -0.05) is 35.9 Å². The van der Waals surface area contributed by atoms with E-state index >= 15 is 0 Å². The standard InChI is InChI=1S/C16H18ClNO2/c1-18(10-12-5-3-7-14(9-12)20-2)16-13(11-19)6-4-8-15(16)17/h3-9,19H,10-11H2,1-2H3. The maximum Gasteiger partial charge on any atom is 0.119 e. The van der Waals surface area contributed by atoms with Gasteiger partial charge in [0.1, 0.15) is 5.75 Å². The van der Waals surface area contributed by atoms with Crippen LogP contribution in [0.15, 0.2) is 42.5 Å². The Morgan fingerprint density at radius 1 is 1.20 bits per heavy atom. The molecule has 2 rings (SSSR count). The highest BCUT2D eigenvalue weighted by molar-refractivity contribution is 6.33. The molecule has 20 heavy (non-hydrogen) atoms. The summed E-state index contributed by atoms with van der Waals surface area (Å²) in [5.74, 6) is 0.831. The predicted octanol–water partition coefficient (Wildman–Crippen LogP) is 3.48. The lowest BCUT2D eigenvalue weighted by Gasteiger charge is -2.23. The molecule has 0 atom stereocenters. The minimum atomic E-state index is -0.0294. The van der Waals surface area contributed by atoms with Gasteiger partial charge >= 0.3 is 0 Å². The van der Waals surface area contributed by atoms with Gasteiger partial charge in [-0.3, -0.25) is 0 Å². The minimum Gasteiger partial charge on any atom is -0.497 e. The highest BCUT2D eigenvalue weighted by Crippen LogP contribution is 2.30. The summed E-state index contributed by atoms with van der Waals surface area (Å²) in [6.45, 7) is 0.659. The lowest BCUT2D eigenvalue weighted by molar-refractivity contribution is 0.282. The van der Waals surface area contributed by atoms with Gasteiger partial charge in [-0.15, -0.1) is 0 Å². The molecule has 0 unspecified atom stereocenters. The second-order valence-corrected chi connectivity index (χ2v) is 5.02. The van der Waals surface area contributed by atoms with Crippen molar-refractivity contribution in [2.75, 3.05) is 19.1 Å². The number of aliphatic hydroxyl groups is 1. The summed E-state index contributed by atoms with van der Waals surface area (Å²) in [6, 6.07) is 13.5. The van der Waals surface area contributed by atoms with E-state index in [9.17, 15) is 5.11 Å². The normalized spacial score (nSPS) is 10.4. The topological polar surface area (TPSA) is 32.7 Å². The van der Waals surface area contributed by atoms with Crippen LogP contribution in [-0.2, 0) is 13.2 Å². The zero-order valence-electron chi connectivity index (χ0n) is 11.6. The molecule has 0 aliphatic heterocycles. The summed E-state index contributed by atoms with van der Waals surface area (Å²) in [7, 11) is 3.61. The molecule has 2 aromatic carbocycles. The van der Waals surface area contributed by atoms with Crippen LogP contribution in [0, 0.1) is 0 Å². The smallest absolute Gasteiger partial charge is 0.119 e. The molecule has 1 N–H and O–H groups in total. The van der Waals surface area contributed by atoms with Gasteiger partial charge < -0.3 is 14.7 Å². The summed E-state index contributed by atoms with van der Waals surface area (Å²) < 4.78 is 5.23. The van der Waals surface area contributed by atoms with Crippen molar-refractivity contribution in [2.45, 2.75) is 13.2 Å². The number of anilines is 1. The third-order valence-corrected chi connectivity index (χ3v) is 3.48. The van der Waals surface area contributed by atoms with E-state index in [1.54, 1.807) is 7.11 Å². The number of rotatable bonds is 5. The molecule has 0 saturated carbocycles. The van der Waals surface area contributed by atoms with E-state index in [-0.39, 0.29) is 6.61 Å². The summed E-state index contributed by atoms with van der Waals surface area (Å²) in [5, 5.41) is 10.1. The second-order valence-electron chi connectivity index (χ2n) is 4.61. The molecule has 0 spiro atoms. The Morgan fingerprint density at radius 3 is 2.65 bits per heavy atom. The fourth-order valence-electron chi connectivity index (χ4n) is 2.24. The fourth-order valence-corrected chi connectivity index (χ4v) is 2.58. The first kappa shape index (κ1) is 14.7. The van der Waals surface area contributed by atoms with Crippen LogP contribution in [0.2, 0.25) is 5.02 Å². The number of halogens is 1. The van der Waals surface area contributed by atoms with E-state index < -0.39 is 0 Å². The molecule has 4 heteroatoms. The lowest BCUT2D eigenvalue weighted by Crippen LogP contribution is -2.18. The number of hydrogen-bond acceptors (Lipinski definition) is 3. The maximum atomic E-state index is 9.43. The van der Waals surface area contributed by atoms with Gasteiger partial charge in [0.2, 0.25) is 0 Å². The van der Waals surface area contributed by atoms with Crippen LogP contribution in [0.1, 0.15) is 11.1 Å². The van der Waals surface area contributed by atoms with Crippen LogP contribution >= 0.6 is 11.6 Å². The predicted molar refractivity (Wildman–Crippen MR) is 82.5 cm³/mol. The average Bonchev–Trinajstić information content (AvgIpc) is 2.46.